The van der Waals surface area contributed by atoms with Gasteiger partial charge in [-0.05, 0) is 51.4 Å². The predicted octanol–water partition coefficient (Wildman–Crippen LogP) is 2.18. The Bertz CT molecular complexity index is 647. The minimum absolute atomic E-state index is 0.297. The molecule has 0 unspecified atom stereocenters. The second kappa shape index (κ2) is 11.1. The molecule has 2 heterocycles. The quantitative estimate of drug-likeness (QED) is 0.465. The van der Waals surface area contributed by atoms with E-state index in [2.05, 4.69) is 15.5 Å². The summed E-state index contributed by atoms with van der Waals surface area (Å²) in [6.45, 7) is 7.63. The Morgan fingerprint density at radius 3 is 2.37 bits per heavy atom. The van der Waals surface area contributed by atoms with Crippen molar-refractivity contribution in [2.24, 2.45) is 10.9 Å². The summed E-state index contributed by atoms with van der Waals surface area (Å²) in [6, 6.07) is 0.397. The fourth-order valence-electron chi connectivity index (χ4n) is 5.12. The van der Waals surface area contributed by atoms with E-state index in [0.29, 0.717) is 38.6 Å². The van der Waals surface area contributed by atoms with Crippen LogP contribution in [0.2, 0.25) is 0 Å². The van der Waals surface area contributed by atoms with E-state index in [4.69, 9.17) is 9.73 Å². The van der Waals surface area contributed by atoms with Gasteiger partial charge in [0.05, 0.1) is 11.3 Å². The molecule has 0 aromatic rings. The zero-order valence-electron chi connectivity index (χ0n) is 19.0. The maximum atomic E-state index is 12.5. The number of nitrogens with one attached hydrogen (secondary N) is 2. The Hall–Kier alpha value is -0.860. The van der Waals surface area contributed by atoms with Crippen LogP contribution in [-0.4, -0.2) is 82.3 Å². The molecule has 174 valence electrons. The van der Waals surface area contributed by atoms with Crippen molar-refractivity contribution in [3.8, 4) is 0 Å². The van der Waals surface area contributed by atoms with Gasteiger partial charge in [0.15, 0.2) is 15.8 Å². The topological polar surface area (TPSA) is 83.0 Å². The number of nitrogens with zero attached hydrogens (tertiary/aromatic N) is 2. The summed E-state index contributed by atoms with van der Waals surface area (Å²) in [6.07, 6.45) is 11.7. The van der Waals surface area contributed by atoms with Gasteiger partial charge in [0.2, 0.25) is 0 Å². The molecule has 8 heteroatoms. The molecule has 0 radical (unpaired) electrons. The van der Waals surface area contributed by atoms with Crippen LogP contribution in [0.4, 0.5) is 0 Å². The molecule has 2 N–H and O–H groups in total. The van der Waals surface area contributed by atoms with Gasteiger partial charge in [-0.3, -0.25) is 4.99 Å². The number of hydrogen-bond acceptors (Lipinski definition) is 5. The lowest BCUT2D eigenvalue weighted by Crippen LogP contribution is -2.51. The molecule has 2 saturated heterocycles. The van der Waals surface area contributed by atoms with Crippen LogP contribution in [0, 0.1) is 5.92 Å². The summed E-state index contributed by atoms with van der Waals surface area (Å²) < 4.78 is 29.6. The molecule has 1 saturated carbocycles. The van der Waals surface area contributed by atoms with Crippen LogP contribution in [0.3, 0.4) is 0 Å². The SMILES string of the molecule is CCNC(=NCC1(S(C)(=O)=O)CCOCC1)NC1CCN(CC2CCCCC2)CC1. The summed E-state index contributed by atoms with van der Waals surface area (Å²) >= 11 is 0. The second-order valence-electron chi connectivity index (χ2n) is 9.49. The van der Waals surface area contributed by atoms with Gasteiger partial charge in [-0.1, -0.05) is 19.3 Å². The van der Waals surface area contributed by atoms with Gasteiger partial charge in [-0.2, -0.15) is 0 Å². The van der Waals surface area contributed by atoms with Crippen molar-refractivity contribution in [2.45, 2.75) is 75.5 Å². The Labute approximate surface area is 183 Å². The highest BCUT2D eigenvalue weighted by molar-refractivity contribution is 7.92. The number of piperidine rings is 1. The van der Waals surface area contributed by atoms with Crippen LogP contribution < -0.4 is 10.6 Å². The van der Waals surface area contributed by atoms with E-state index in [0.717, 1.165) is 44.4 Å². The fraction of sp³-hybridized carbons (Fsp3) is 0.955. The molecule has 30 heavy (non-hydrogen) atoms. The summed E-state index contributed by atoms with van der Waals surface area (Å²) in [5.74, 6) is 1.64. The van der Waals surface area contributed by atoms with Gasteiger partial charge in [-0.25, -0.2) is 8.42 Å². The number of rotatable bonds is 7. The lowest BCUT2D eigenvalue weighted by Gasteiger charge is -2.36. The molecular formula is C22H42N4O3S. The summed E-state index contributed by atoms with van der Waals surface area (Å²) in [7, 11) is -3.20. The van der Waals surface area contributed by atoms with Crippen molar-refractivity contribution in [1.82, 2.24) is 15.5 Å². The molecular weight excluding hydrogens is 400 g/mol. The predicted molar refractivity (Wildman–Crippen MR) is 123 cm³/mol. The van der Waals surface area contributed by atoms with Crippen LogP contribution in [0.5, 0.6) is 0 Å². The molecule has 0 atom stereocenters. The first-order chi connectivity index (χ1) is 14.4. The summed E-state index contributed by atoms with van der Waals surface area (Å²) in [5, 5.41) is 6.89. The number of hydrogen-bond donors (Lipinski definition) is 2. The number of sulfone groups is 1. The van der Waals surface area contributed by atoms with Crippen molar-refractivity contribution in [1.29, 1.82) is 0 Å². The lowest BCUT2D eigenvalue weighted by molar-refractivity contribution is 0.0768. The first-order valence-electron chi connectivity index (χ1n) is 12.0. The zero-order valence-corrected chi connectivity index (χ0v) is 19.8. The molecule has 0 amide bonds. The minimum atomic E-state index is -3.20. The third-order valence-electron chi connectivity index (χ3n) is 7.23. The third-order valence-corrected chi connectivity index (χ3v) is 9.34. The van der Waals surface area contributed by atoms with E-state index in [1.807, 2.05) is 6.92 Å². The molecule has 0 spiro atoms. The highest BCUT2D eigenvalue weighted by Crippen LogP contribution is 2.30. The summed E-state index contributed by atoms with van der Waals surface area (Å²) in [4.78, 5) is 7.37. The Morgan fingerprint density at radius 1 is 1.10 bits per heavy atom. The van der Waals surface area contributed by atoms with E-state index < -0.39 is 14.6 Å². The van der Waals surface area contributed by atoms with Crippen LogP contribution >= 0.6 is 0 Å². The Morgan fingerprint density at radius 2 is 1.77 bits per heavy atom. The van der Waals surface area contributed by atoms with Crippen LogP contribution in [0.1, 0.15) is 64.7 Å². The number of aliphatic imine (C=N–C) groups is 1. The van der Waals surface area contributed by atoms with Crippen molar-refractivity contribution < 1.29 is 13.2 Å². The van der Waals surface area contributed by atoms with Gasteiger partial charge in [-0.15, -0.1) is 0 Å². The standard InChI is InChI=1S/C22H42N4O3S/c1-3-23-21(24-18-22(30(2,27)28)11-15-29-16-12-22)25-20-9-13-26(14-10-20)17-19-7-5-4-6-8-19/h19-20H,3-18H2,1-2H3,(H2,23,24,25). The van der Waals surface area contributed by atoms with Gasteiger partial charge in [0.1, 0.15) is 0 Å². The zero-order chi connectivity index (χ0) is 21.5. The second-order valence-corrected chi connectivity index (χ2v) is 11.9. The number of guanidine groups is 1. The Kier molecular flexibility index (Phi) is 8.83. The molecule has 3 aliphatic rings. The number of ether oxygens (including phenoxy) is 1. The average molecular weight is 443 g/mol. The first-order valence-corrected chi connectivity index (χ1v) is 13.9. The molecule has 0 aromatic carbocycles. The minimum Gasteiger partial charge on any atom is -0.381 e. The van der Waals surface area contributed by atoms with E-state index in [-0.39, 0.29) is 0 Å². The molecule has 0 aromatic heterocycles. The maximum Gasteiger partial charge on any atom is 0.191 e. The number of likely N-dealkylation sites (tertiary alicyclic amines) is 1. The molecule has 3 fully saturated rings. The normalized spacial score (nSPS) is 25.2. The average Bonchev–Trinajstić information content (AvgIpc) is 2.74. The molecule has 7 nitrogen and oxygen atoms in total. The van der Waals surface area contributed by atoms with E-state index in [9.17, 15) is 8.42 Å². The summed E-state index contributed by atoms with van der Waals surface area (Å²) in [5.41, 5.74) is 0. The first kappa shape index (κ1) is 23.8. The monoisotopic (exact) mass is 442 g/mol. The van der Waals surface area contributed by atoms with Gasteiger partial charge >= 0.3 is 0 Å². The van der Waals surface area contributed by atoms with Crippen molar-refractivity contribution in [3.63, 3.8) is 0 Å². The van der Waals surface area contributed by atoms with Crippen molar-refractivity contribution in [3.05, 3.63) is 0 Å². The smallest absolute Gasteiger partial charge is 0.191 e. The van der Waals surface area contributed by atoms with E-state index in [1.165, 1.54) is 44.9 Å². The Balaban J connectivity index is 1.52. The largest absolute Gasteiger partial charge is 0.381 e. The fourth-order valence-corrected chi connectivity index (χ4v) is 6.33. The van der Waals surface area contributed by atoms with Gasteiger partial charge < -0.3 is 20.3 Å². The highest BCUT2D eigenvalue weighted by Gasteiger charge is 2.42. The lowest BCUT2D eigenvalue weighted by atomic mass is 9.88. The third kappa shape index (κ3) is 6.57. The van der Waals surface area contributed by atoms with E-state index >= 15 is 0 Å². The van der Waals surface area contributed by atoms with Gasteiger partial charge in [0, 0.05) is 51.7 Å². The van der Waals surface area contributed by atoms with Crippen molar-refractivity contribution >= 4 is 15.8 Å². The van der Waals surface area contributed by atoms with E-state index in [1.54, 1.807) is 0 Å². The molecule has 3 rings (SSSR count). The van der Waals surface area contributed by atoms with Crippen LogP contribution in [-0.2, 0) is 14.6 Å². The highest BCUT2D eigenvalue weighted by atomic mass is 32.2. The van der Waals surface area contributed by atoms with Crippen LogP contribution in [0.25, 0.3) is 0 Å². The maximum absolute atomic E-state index is 12.5. The van der Waals surface area contributed by atoms with Crippen molar-refractivity contribution in [2.75, 3.05) is 52.2 Å². The van der Waals surface area contributed by atoms with Gasteiger partial charge in [0.25, 0.3) is 0 Å². The molecule has 0 bridgehead atoms. The molecule has 1 aliphatic carbocycles. The van der Waals surface area contributed by atoms with Crippen LogP contribution in [0.15, 0.2) is 4.99 Å². The molecule has 2 aliphatic heterocycles.